The molecule has 0 saturated heterocycles. The molecule has 3 nitrogen and oxygen atoms in total. The quantitative estimate of drug-likeness (QED) is 0.920. The summed E-state index contributed by atoms with van der Waals surface area (Å²) >= 11 is 0. The van der Waals surface area contributed by atoms with Crippen molar-refractivity contribution in [2.24, 2.45) is 5.73 Å². The van der Waals surface area contributed by atoms with Gasteiger partial charge < -0.3 is 10.5 Å². The van der Waals surface area contributed by atoms with Crippen molar-refractivity contribution >= 4 is 0 Å². The van der Waals surface area contributed by atoms with E-state index in [2.05, 4.69) is 4.98 Å². The van der Waals surface area contributed by atoms with Gasteiger partial charge in [0.15, 0.2) is 0 Å². The van der Waals surface area contributed by atoms with E-state index in [-0.39, 0.29) is 5.82 Å². The molecule has 0 fully saturated rings. The largest absolute Gasteiger partial charge is 0.438 e. The van der Waals surface area contributed by atoms with Crippen molar-refractivity contribution in [3.8, 4) is 11.6 Å². The third kappa shape index (κ3) is 2.90. The maximum atomic E-state index is 13.1. The Hall–Kier alpha value is -1.94. The minimum Gasteiger partial charge on any atom is -0.438 e. The summed E-state index contributed by atoms with van der Waals surface area (Å²) in [5.74, 6) is 0.806. The fourth-order valence-corrected chi connectivity index (χ4v) is 1.99. The van der Waals surface area contributed by atoms with Crippen molar-refractivity contribution in [1.82, 2.24) is 4.98 Å². The van der Waals surface area contributed by atoms with Crippen molar-refractivity contribution in [2.75, 3.05) is 0 Å². The van der Waals surface area contributed by atoms with Gasteiger partial charge in [-0.15, -0.1) is 0 Å². The molecule has 0 bridgehead atoms. The van der Waals surface area contributed by atoms with Gasteiger partial charge in [-0.1, -0.05) is 0 Å². The van der Waals surface area contributed by atoms with Crippen LogP contribution < -0.4 is 10.5 Å². The van der Waals surface area contributed by atoms with Gasteiger partial charge in [-0.05, 0) is 56.2 Å². The minimum absolute atomic E-state index is 0.280. The molecule has 19 heavy (non-hydrogen) atoms. The summed E-state index contributed by atoms with van der Waals surface area (Å²) < 4.78 is 18.9. The van der Waals surface area contributed by atoms with E-state index in [1.165, 1.54) is 12.1 Å². The first kappa shape index (κ1) is 13.5. The van der Waals surface area contributed by atoms with Crippen LogP contribution in [0.5, 0.6) is 11.6 Å². The summed E-state index contributed by atoms with van der Waals surface area (Å²) in [6.07, 6.45) is 0. The maximum Gasteiger partial charge on any atom is 0.224 e. The van der Waals surface area contributed by atoms with Gasteiger partial charge in [0.2, 0.25) is 5.88 Å². The van der Waals surface area contributed by atoms with Gasteiger partial charge in [0.25, 0.3) is 0 Å². The number of aromatic nitrogens is 1. The Bertz CT molecular complexity index is 611. The molecule has 0 aliphatic rings. The first-order chi connectivity index (χ1) is 9.01. The molecule has 0 aliphatic heterocycles. The van der Waals surface area contributed by atoms with Crippen LogP contribution in [0.15, 0.2) is 24.3 Å². The number of aryl methyl sites for hydroxylation is 3. The Morgan fingerprint density at radius 3 is 2.53 bits per heavy atom. The number of ether oxygens (including phenoxy) is 1. The molecule has 1 aromatic heterocycles. The van der Waals surface area contributed by atoms with E-state index in [0.29, 0.717) is 18.2 Å². The topological polar surface area (TPSA) is 48.1 Å². The van der Waals surface area contributed by atoms with Crippen LogP contribution in [0.25, 0.3) is 0 Å². The Kier molecular flexibility index (Phi) is 3.81. The predicted molar refractivity (Wildman–Crippen MR) is 72.8 cm³/mol. The van der Waals surface area contributed by atoms with Gasteiger partial charge in [-0.3, -0.25) is 0 Å². The van der Waals surface area contributed by atoms with Crippen LogP contribution in [0.2, 0.25) is 0 Å². The molecule has 0 saturated carbocycles. The molecule has 2 aromatic rings. The Morgan fingerprint density at radius 2 is 1.89 bits per heavy atom. The van der Waals surface area contributed by atoms with Gasteiger partial charge in [-0.2, -0.15) is 0 Å². The third-order valence-corrected chi connectivity index (χ3v) is 2.99. The monoisotopic (exact) mass is 260 g/mol. The molecule has 4 heteroatoms. The number of halogens is 1. The van der Waals surface area contributed by atoms with Crippen molar-refractivity contribution in [3.05, 3.63) is 52.5 Å². The lowest BCUT2D eigenvalue weighted by atomic mass is 10.1. The Labute approximate surface area is 112 Å². The van der Waals surface area contributed by atoms with E-state index in [1.54, 1.807) is 13.0 Å². The van der Waals surface area contributed by atoms with Crippen molar-refractivity contribution < 1.29 is 9.13 Å². The van der Waals surface area contributed by atoms with Gasteiger partial charge >= 0.3 is 0 Å². The zero-order valence-corrected chi connectivity index (χ0v) is 11.3. The number of nitrogens with zero attached hydrogens (tertiary/aromatic N) is 1. The molecular weight excluding hydrogens is 243 g/mol. The van der Waals surface area contributed by atoms with E-state index in [4.69, 9.17) is 10.5 Å². The standard InChI is InChI=1S/C15H17FN2O/c1-9-6-11(3)18-15(13(9)8-17)19-14-5-4-12(16)7-10(14)2/h4-7H,8,17H2,1-3H3. The second-order valence-corrected chi connectivity index (χ2v) is 4.58. The lowest BCUT2D eigenvalue weighted by molar-refractivity contribution is 0.449. The summed E-state index contributed by atoms with van der Waals surface area (Å²) in [6, 6.07) is 6.37. The van der Waals surface area contributed by atoms with E-state index in [0.717, 1.165) is 22.4 Å². The highest BCUT2D eigenvalue weighted by atomic mass is 19.1. The average Bonchev–Trinajstić information content (AvgIpc) is 2.32. The summed E-state index contributed by atoms with van der Waals surface area (Å²) in [5.41, 5.74) is 9.24. The van der Waals surface area contributed by atoms with Gasteiger partial charge in [0, 0.05) is 17.8 Å². The molecule has 1 aromatic carbocycles. The lowest BCUT2D eigenvalue weighted by Gasteiger charge is -2.13. The molecule has 0 aliphatic carbocycles. The van der Waals surface area contributed by atoms with E-state index >= 15 is 0 Å². The van der Waals surface area contributed by atoms with E-state index in [9.17, 15) is 4.39 Å². The fraction of sp³-hybridized carbons (Fsp3) is 0.267. The molecule has 0 spiro atoms. The van der Waals surface area contributed by atoms with Gasteiger partial charge in [-0.25, -0.2) is 9.37 Å². The zero-order chi connectivity index (χ0) is 14.0. The van der Waals surface area contributed by atoms with Crippen molar-refractivity contribution in [1.29, 1.82) is 0 Å². The molecule has 100 valence electrons. The lowest BCUT2D eigenvalue weighted by Crippen LogP contribution is -2.05. The van der Waals surface area contributed by atoms with Gasteiger partial charge in [0.05, 0.1) is 0 Å². The fourth-order valence-electron chi connectivity index (χ4n) is 1.99. The highest BCUT2D eigenvalue weighted by Gasteiger charge is 2.11. The molecule has 0 atom stereocenters. The van der Waals surface area contributed by atoms with Crippen LogP contribution in [0.1, 0.15) is 22.4 Å². The maximum absolute atomic E-state index is 13.1. The summed E-state index contributed by atoms with van der Waals surface area (Å²) in [6.45, 7) is 6.02. The molecule has 1 heterocycles. The van der Waals surface area contributed by atoms with Crippen molar-refractivity contribution in [2.45, 2.75) is 27.3 Å². The number of hydrogen-bond donors (Lipinski definition) is 1. The SMILES string of the molecule is Cc1cc(C)c(CN)c(Oc2ccc(F)cc2C)n1. The Balaban J connectivity index is 2.42. The zero-order valence-electron chi connectivity index (χ0n) is 11.3. The number of rotatable bonds is 3. The number of benzene rings is 1. The van der Waals surface area contributed by atoms with Crippen LogP contribution in [0.4, 0.5) is 4.39 Å². The third-order valence-electron chi connectivity index (χ3n) is 2.99. The number of pyridine rings is 1. The molecule has 2 N–H and O–H groups in total. The molecular formula is C15H17FN2O. The van der Waals surface area contributed by atoms with Crippen molar-refractivity contribution in [3.63, 3.8) is 0 Å². The highest BCUT2D eigenvalue weighted by Crippen LogP contribution is 2.28. The first-order valence-electron chi connectivity index (χ1n) is 6.12. The molecule has 2 rings (SSSR count). The Morgan fingerprint density at radius 1 is 1.16 bits per heavy atom. The smallest absolute Gasteiger partial charge is 0.224 e. The van der Waals surface area contributed by atoms with Crippen LogP contribution in [0, 0.1) is 26.6 Å². The second-order valence-electron chi connectivity index (χ2n) is 4.58. The number of nitrogens with two attached hydrogens (primary N) is 1. The predicted octanol–water partition coefficient (Wildman–Crippen LogP) is 3.40. The normalized spacial score (nSPS) is 10.6. The average molecular weight is 260 g/mol. The van der Waals surface area contributed by atoms with Gasteiger partial charge in [0.1, 0.15) is 11.6 Å². The van der Waals surface area contributed by atoms with E-state index in [1.807, 2.05) is 19.9 Å². The van der Waals surface area contributed by atoms with Crippen LogP contribution in [0.3, 0.4) is 0 Å². The van der Waals surface area contributed by atoms with E-state index < -0.39 is 0 Å². The van der Waals surface area contributed by atoms with Crippen LogP contribution in [-0.2, 0) is 6.54 Å². The highest BCUT2D eigenvalue weighted by molar-refractivity contribution is 5.41. The first-order valence-corrected chi connectivity index (χ1v) is 6.12. The summed E-state index contributed by atoms with van der Waals surface area (Å²) in [5, 5.41) is 0. The summed E-state index contributed by atoms with van der Waals surface area (Å²) in [7, 11) is 0. The second kappa shape index (κ2) is 5.36. The molecule has 0 amide bonds. The molecule has 0 unspecified atom stereocenters. The van der Waals surface area contributed by atoms with Crippen LogP contribution in [-0.4, -0.2) is 4.98 Å². The summed E-state index contributed by atoms with van der Waals surface area (Å²) in [4.78, 5) is 4.37. The minimum atomic E-state index is -0.280. The number of hydrogen-bond acceptors (Lipinski definition) is 3. The molecule has 0 radical (unpaired) electrons. The van der Waals surface area contributed by atoms with Crippen LogP contribution >= 0.6 is 0 Å².